The Hall–Kier alpha value is -1.90. The van der Waals surface area contributed by atoms with E-state index in [0.717, 1.165) is 42.4 Å². The Kier molecular flexibility index (Phi) is 7.88. The summed E-state index contributed by atoms with van der Waals surface area (Å²) in [6.45, 7) is 2.27. The number of hydrogen-bond acceptors (Lipinski definition) is 1. The summed E-state index contributed by atoms with van der Waals surface area (Å²) in [7, 11) is 0. The highest BCUT2D eigenvalue weighted by molar-refractivity contribution is 5.26. The third-order valence-corrected chi connectivity index (χ3v) is 6.11. The van der Waals surface area contributed by atoms with Gasteiger partial charge in [-0.1, -0.05) is 82.2 Å². The Morgan fingerprint density at radius 2 is 1.57 bits per heavy atom. The molecule has 0 heterocycles. The van der Waals surface area contributed by atoms with Gasteiger partial charge in [0.1, 0.15) is 11.9 Å². The molecule has 1 unspecified atom stereocenters. The largest absolute Gasteiger partial charge is 0.486 e. The van der Waals surface area contributed by atoms with Gasteiger partial charge in [0.05, 0.1) is 0 Å². The second-order valence-corrected chi connectivity index (χ2v) is 8.20. The summed E-state index contributed by atoms with van der Waals surface area (Å²) < 4.78 is 32.9. The first-order valence-corrected chi connectivity index (χ1v) is 10.8. The summed E-state index contributed by atoms with van der Waals surface area (Å²) in [5.41, 5.74) is 1.09. The number of ether oxygens (including phenoxy) is 1. The Balaban J connectivity index is 1.58. The zero-order chi connectivity index (χ0) is 19.8. The first-order valence-electron chi connectivity index (χ1n) is 10.8. The van der Waals surface area contributed by atoms with E-state index in [1.165, 1.54) is 51.0 Å². The minimum absolute atomic E-state index is 0.135. The second kappa shape index (κ2) is 10.6. The van der Waals surface area contributed by atoms with Crippen molar-refractivity contribution in [2.75, 3.05) is 0 Å². The molecule has 0 saturated heterocycles. The molecule has 1 saturated carbocycles. The Bertz CT molecular complexity index is 708. The molecule has 0 spiro atoms. The van der Waals surface area contributed by atoms with Crippen LogP contribution >= 0.6 is 0 Å². The van der Waals surface area contributed by atoms with Crippen molar-refractivity contribution in [3.05, 3.63) is 65.7 Å². The van der Waals surface area contributed by atoms with Crippen molar-refractivity contribution >= 4 is 0 Å². The number of benzene rings is 2. The van der Waals surface area contributed by atoms with Gasteiger partial charge >= 0.3 is 0 Å². The minimum atomic E-state index is -0.866. The summed E-state index contributed by atoms with van der Waals surface area (Å²) in [6.07, 6.45) is 11.2. The summed E-state index contributed by atoms with van der Waals surface area (Å²) in [6, 6.07) is 13.8. The molecule has 0 radical (unpaired) electrons. The molecular weight excluding hydrogens is 354 g/mol. The Morgan fingerprint density at radius 3 is 2.21 bits per heavy atom. The van der Waals surface area contributed by atoms with E-state index in [0.29, 0.717) is 5.75 Å². The molecule has 1 nitrogen and oxygen atoms in total. The highest BCUT2D eigenvalue weighted by atomic mass is 19.2. The molecule has 1 aliphatic rings. The predicted octanol–water partition coefficient (Wildman–Crippen LogP) is 7.86. The van der Waals surface area contributed by atoms with Crippen LogP contribution in [0.2, 0.25) is 0 Å². The molecule has 3 rings (SSSR count). The monoisotopic (exact) mass is 386 g/mol. The van der Waals surface area contributed by atoms with E-state index in [-0.39, 0.29) is 6.10 Å². The maximum atomic E-state index is 13.6. The van der Waals surface area contributed by atoms with E-state index in [9.17, 15) is 8.78 Å². The summed E-state index contributed by atoms with van der Waals surface area (Å²) in [4.78, 5) is 0. The van der Waals surface area contributed by atoms with Crippen molar-refractivity contribution in [3.63, 3.8) is 0 Å². The second-order valence-electron chi connectivity index (χ2n) is 8.20. The molecule has 0 aromatic heterocycles. The van der Waals surface area contributed by atoms with Crippen LogP contribution in [0.25, 0.3) is 0 Å². The maximum absolute atomic E-state index is 13.6. The lowest BCUT2D eigenvalue weighted by Crippen LogP contribution is -2.16. The van der Waals surface area contributed by atoms with E-state index < -0.39 is 11.6 Å². The summed E-state index contributed by atoms with van der Waals surface area (Å²) in [5, 5.41) is 0. The fourth-order valence-corrected chi connectivity index (χ4v) is 4.36. The van der Waals surface area contributed by atoms with E-state index >= 15 is 0 Å². The molecule has 2 aromatic rings. The van der Waals surface area contributed by atoms with Crippen LogP contribution in [0.1, 0.15) is 76.4 Å². The number of rotatable bonds is 9. The SMILES string of the molecule is CCCCC1CCC(CCC(Oc2ccc(F)c(F)c2)c2ccccc2)CC1. The van der Waals surface area contributed by atoms with Crippen LogP contribution in [-0.2, 0) is 0 Å². The quantitative estimate of drug-likeness (QED) is 0.426. The smallest absolute Gasteiger partial charge is 0.162 e. The third kappa shape index (κ3) is 6.05. The van der Waals surface area contributed by atoms with Crippen LogP contribution < -0.4 is 4.74 Å². The van der Waals surface area contributed by atoms with E-state index in [1.807, 2.05) is 30.3 Å². The Morgan fingerprint density at radius 1 is 0.893 bits per heavy atom. The van der Waals surface area contributed by atoms with Gasteiger partial charge in [-0.3, -0.25) is 0 Å². The van der Waals surface area contributed by atoms with Crippen molar-refractivity contribution in [3.8, 4) is 5.75 Å². The van der Waals surface area contributed by atoms with Crippen LogP contribution in [0.3, 0.4) is 0 Å². The van der Waals surface area contributed by atoms with Gasteiger partial charge in [0.25, 0.3) is 0 Å². The zero-order valence-electron chi connectivity index (χ0n) is 16.9. The van der Waals surface area contributed by atoms with E-state index in [2.05, 4.69) is 6.92 Å². The van der Waals surface area contributed by atoms with Crippen molar-refractivity contribution in [1.82, 2.24) is 0 Å². The zero-order valence-corrected chi connectivity index (χ0v) is 16.9. The molecule has 152 valence electrons. The highest BCUT2D eigenvalue weighted by Crippen LogP contribution is 2.36. The molecule has 0 N–H and O–H groups in total. The van der Waals surface area contributed by atoms with Gasteiger partial charge in [-0.15, -0.1) is 0 Å². The molecular formula is C25H32F2O. The van der Waals surface area contributed by atoms with Crippen molar-refractivity contribution < 1.29 is 13.5 Å². The normalized spacial score (nSPS) is 20.7. The average molecular weight is 387 g/mol. The Labute approximate surface area is 168 Å². The topological polar surface area (TPSA) is 9.23 Å². The standard InChI is InChI=1S/C25H32F2O/c1-2-3-7-19-10-12-20(13-11-19)14-17-25(21-8-5-4-6-9-21)28-22-15-16-23(26)24(27)18-22/h4-6,8-9,15-16,18-20,25H,2-3,7,10-14,17H2,1H3. The fourth-order valence-electron chi connectivity index (χ4n) is 4.36. The van der Waals surface area contributed by atoms with Crippen LogP contribution in [-0.4, -0.2) is 0 Å². The third-order valence-electron chi connectivity index (χ3n) is 6.11. The van der Waals surface area contributed by atoms with Gasteiger partial charge in [0.15, 0.2) is 11.6 Å². The van der Waals surface area contributed by atoms with Gasteiger partial charge in [0, 0.05) is 6.07 Å². The first kappa shape index (κ1) is 20.8. The lowest BCUT2D eigenvalue weighted by molar-refractivity contribution is 0.167. The first-order chi connectivity index (χ1) is 13.7. The molecule has 0 amide bonds. The number of hydrogen-bond donors (Lipinski definition) is 0. The van der Waals surface area contributed by atoms with Gasteiger partial charge < -0.3 is 4.74 Å². The van der Waals surface area contributed by atoms with Crippen molar-refractivity contribution in [2.24, 2.45) is 11.8 Å². The maximum Gasteiger partial charge on any atom is 0.162 e. The van der Waals surface area contributed by atoms with Crippen LogP contribution in [0.5, 0.6) is 5.75 Å². The fraction of sp³-hybridized carbons (Fsp3) is 0.520. The van der Waals surface area contributed by atoms with E-state index in [1.54, 1.807) is 0 Å². The molecule has 0 bridgehead atoms. The van der Waals surface area contributed by atoms with Crippen molar-refractivity contribution in [2.45, 2.75) is 70.8 Å². The van der Waals surface area contributed by atoms with Crippen LogP contribution in [0.4, 0.5) is 8.78 Å². The molecule has 1 atom stereocenters. The molecule has 1 fully saturated rings. The van der Waals surface area contributed by atoms with Gasteiger partial charge in [-0.05, 0) is 42.4 Å². The molecule has 0 aliphatic heterocycles. The molecule has 3 heteroatoms. The van der Waals surface area contributed by atoms with Gasteiger partial charge in [-0.25, -0.2) is 8.78 Å². The number of unbranched alkanes of at least 4 members (excludes halogenated alkanes) is 1. The van der Waals surface area contributed by atoms with Gasteiger partial charge in [-0.2, -0.15) is 0 Å². The van der Waals surface area contributed by atoms with Crippen LogP contribution in [0, 0.1) is 23.5 Å². The predicted molar refractivity (Wildman–Crippen MR) is 110 cm³/mol. The molecule has 28 heavy (non-hydrogen) atoms. The lowest BCUT2D eigenvalue weighted by Gasteiger charge is -2.30. The number of halogens is 2. The van der Waals surface area contributed by atoms with E-state index in [4.69, 9.17) is 4.74 Å². The minimum Gasteiger partial charge on any atom is -0.486 e. The average Bonchev–Trinajstić information content (AvgIpc) is 2.73. The molecule has 1 aliphatic carbocycles. The lowest BCUT2D eigenvalue weighted by atomic mass is 9.77. The highest BCUT2D eigenvalue weighted by Gasteiger charge is 2.23. The molecule has 2 aromatic carbocycles. The summed E-state index contributed by atoms with van der Waals surface area (Å²) >= 11 is 0. The van der Waals surface area contributed by atoms with Crippen molar-refractivity contribution in [1.29, 1.82) is 0 Å². The van der Waals surface area contributed by atoms with Gasteiger partial charge in [0.2, 0.25) is 0 Å². The van der Waals surface area contributed by atoms with Crippen LogP contribution in [0.15, 0.2) is 48.5 Å². The summed E-state index contributed by atoms with van der Waals surface area (Å²) in [5.74, 6) is 0.339.